The van der Waals surface area contributed by atoms with Crippen molar-refractivity contribution in [3.63, 3.8) is 0 Å². The lowest BCUT2D eigenvalue weighted by Gasteiger charge is -2.24. The normalized spacial score (nSPS) is 11.1. The number of rotatable bonds is 2. The quantitative estimate of drug-likeness (QED) is 0.855. The molecule has 0 saturated heterocycles. The molecule has 5 nitrogen and oxygen atoms in total. The second kappa shape index (κ2) is 5.14. The zero-order valence-electron chi connectivity index (χ0n) is 10.6. The zero-order chi connectivity index (χ0) is 13.1. The highest BCUT2D eigenvalue weighted by Crippen LogP contribution is 2.14. The lowest BCUT2D eigenvalue weighted by molar-refractivity contribution is 0.0588. The largest absolute Gasteiger partial charge is 0.443 e. The number of hydrogen-bond acceptors (Lipinski definition) is 4. The van der Waals surface area contributed by atoms with Crippen LogP contribution >= 0.6 is 0 Å². The molecular weight excluding hydrogens is 220 g/mol. The number of pyridine rings is 1. The monoisotopic (exact) mass is 238 g/mol. The maximum Gasteiger partial charge on any atom is 0.415 e. The van der Waals surface area contributed by atoms with Crippen LogP contribution in [-0.4, -0.2) is 28.8 Å². The molecule has 0 fully saturated rings. The highest BCUT2D eigenvalue weighted by atomic mass is 16.6. The summed E-state index contributed by atoms with van der Waals surface area (Å²) in [6.07, 6.45) is -0.472. The minimum Gasteiger partial charge on any atom is -0.443 e. The van der Waals surface area contributed by atoms with Crippen LogP contribution in [0.4, 0.5) is 10.6 Å². The molecule has 1 heterocycles. The highest BCUT2D eigenvalue weighted by Gasteiger charge is 2.21. The molecule has 0 bridgehead atoms. The van der Waals surface area contributed by atoms with Crippen LogP contribution in [0.3, 0.4) is 0 Å². The third kappa shape index (κ3) is 4.03. The van der Waals surface area contributed by atoms with Crippen LogP contribution in [0.2, 0.25) is 0 Å². The van der Waals surface area contributed by atoms with E-state index in [1.807, 2.05) is 0 Å². The van der Waals surface area contributed by atoms with Crippen molar-refractivity contribution in [2.45, 2.75) is 33.0 Å². The first-order valence-electron chi connectivity index (χ1n) is 5.37. The molecule has 1 N–H and O–H groups in total. The molecule has 0 radical (unpaired) electrons. The van der Waals surface area contributed by atoms with Gasteiger partial charge in [0.15, 0.2) is 0 Å². The lowest BCUT2D eigenvalue weighted by atomic mass is 10.2. The van der Waals surface area contributed by atoms with Crippen LogP contribution in [0.1, 0.15) is 26.5 Å². The van der Waals surface area contributed by atoms with Crippen LogP contribution in [0.25, 0.3) is 0 Å². The average molecular weight is 238 g/mol. The van der Waals surface area contributed by atoms with Crippen molar-refractivity contribution in [3.05, 3.63) is 23.9 Å². The van der Waals surface area contributed by atoms with Crippen LogP contribution < -0.4 is 4.90 Å². The van der Waals surface area contributed by atoms with Gasteiger partial charge in [-0.1, -0.05) is 6.07 Å². The van der Waals surface area contributed by atoms with Gasteiger partial charge in [0.1, 0.15) is 11.4 Å². The van der Waals surface area contributed by atoms with Gasteiger partial charge >= 0.3 is 6.09 Å². The minimum absolute atomic E-state index is 0.157. The number of carbonyl (C=O) groups is 1. The van der Waals surface area contributed by atoms with Gasteiger partial charge in [-0.25, -0.2) is 9.78 Å². The fraction of sp³-hybridized carbons (Fsp3) is 0.500. The number of hydrogen-bond donors (Lipinski definition) is 1. The van der Waals surface area contributed by atoms with Crippen LogP contribution in [0, 0.1) is 0 Å². The first kappa shape index (κ1) is 13.4. The molecule has 1 aromatic rings. The smallest absolute Gasteiger partial charge is 0.415 e. The highest BCUT2D eigenvalue weighted by molar-refractivity contribution is 5.85. The molecule has 0 unspecified atom stereocenters. The Bertz CT molecular complexity index is 399. The maximum absolute atomic E-state index is 11.8. The Morgan fingerprint density at radius 3 is 2.65 bits per heavy atom. The second-order valence-corrected chi connectivity index (χ2v) is 4.68. The van der Waals surface area contributed by atoms with Crippen LogP contribution in [-0.2, 0) is 11.3 Å². The lowest BCUT2D eigenvalue weighted by Crippen LogP contribution is -2.34. The van der Waals surface area contributed by atoms with Crippen molar-refractivity contribution in [3.8, 4) is 0 Å². The first-order chi connectivity index (χ1) is 7.83. The molecule has 94 valence electrons. The Morgan fingerprint density at radius 1 is 1.47 bits per heavy atom. The van der Waals surface area contributed by atoms with Crippen molar-refractivity contribution in [2.75, 3.05) is 11.9 Å². The zero-order valence-corrected chi connectivity index (χ0v) is 10.6. The topological polar surface area (TPSA) is 62.7 Å². The standard InChI is InChI=1S/C12H18N2O3/c1-12(2,3)17-11(16)14(4)10-7-5-6-9(8-15)13-10/h5-7,15H,8H2,1-4H3. The summed E-state index contributed by atoms with van der Waals surface area (Å²) < 4.78 is 5.21. The van der Waals surface area contributed by atoms with Crippen LogP contribution in [0.15, 0.2) is 18.2 Å². The summed E-state index contributed by atoms with van der Waals surface area (Å²) in [7, 11) is 1.58. The number of aliphatic hydroxyl groups is 1. The van der Waals surface area contributed by atoms with E-state index in [0.29, 0.717) is 11.5 Å². The first-order valence-corrected chi connectivity index (χ1v) is 5.37. The Hall–Kier alpha value is -1.62. The molecule has 1 aromatic heterocycles. The molecule has 0 aliphatic carbocycles. The van der Waals surface area contributed by atoms with E-state index in [2.05, 4.69) is 4.98 Å². The van der Waals surface area contributed by atoms with E-state index >= 15 is 0 Å². The van der Waals surface area contributed by atoms with Crippen molar-refractivity contribution in [1.82, 2.24) is 4.98 Å². The van der Waals surface area contributed by atoms with Gasteiger partial charge in [0.25, 0.3) is 0 Å². The number of anilines is 1. The van der Waals surface area contributed by atoms with Crippen molar-refractivity contribution in [2.24, 2.45) is 0 Å². The molecule has 0 saturated carbocycles. The minimum atomic E-state index is -0.542. The number of carbonyl (C=O) groups excluding carboxylic acids is 1. The molecule has 0 aliphatic rings. The van der Waals surface area contributed by atoms with Crippen LogP contribution in [0.5, 0.6) is 0 Å². The van der Waals surface area contributed by atoms with E-state index in [4.69, 9.17) is 9.84 Å². The summed E-state index contributed by atoms with van der Waals surface area (Å²) in [6.45, 7) is 5.25. The fourth-order valence-corrected chi connectivity index (χ4v) is 1.17. The average Bonchev–Trinajstić information content (AvgIpc) is 2.26. The molecule has 17 heavy (non-hydrogen) atoms. The van der Waals surface area contributed by atoms with Crippen molar-refractivity contribution >= 4 is 11.9 Å². The van der Waals surface area contributed by atoms with Gasteiger partial charge in [-0.2, -0.15) is 0 Å². The summed E-state index contributed by atoms with van der Waals surface area (Å²) in [6, 6.07) is 5.10. The fourth-order valence-electron chi connectivity index (χ4n) is 1.17. The van der Waals surface area contributed by atoms with Crippen molar-refractivity contribution in [1.29, 1.82) is 0 Å². The molecule has 1 rings (SSSR count). The summed E-state index contributed by atoms with van der Waals surface area (Å²) in [5.74, 6) is 0.450. The van der Waals surface area contributed by atoms with E-state index < -0.39 is 11.7 Å². The number of aliphatic hydroxyl groups excluding tert-OH is 1. The van der Waals surface area contributed by atoms with Gasteiger partial charge in [0, 0.05) is 7.05 Å². The number of aromatic nitrogens is 1. The van der Waals surface area contributed by atoms with Gasteiger partial charge in [-0.15, -0.1) is 0 Å². The maximum atomic E-state index is 11.8. The van der Waals surface area contributed by atoms with E-state index in [1.165, 1.54) is 4.90 Å². The molecule has 0 aliphatic heterocycles. The Balaban J connectivity index is 2.81. The van der Waals surface area contributed by atoms with E-state index in [-0.39, 0.29) is 6.61 Å². The summed E-state index contributed by atoms with van der Waals surface area (Å²) in [5, 5.41) is 8.97. The van der Waals surface area contributed by atoms with E-state index in [0.717, 1.165) is 0 Å². The summed E-state index contributed by atoms with van der Waals surface area (Å²) in [4.78, 5) is 17.2. The summed E-state index contributed by atoms with van der Waals surface area (Å²) in [5.41, 5.74) is -0.0298. The van der Waals surface area contributed by atoms with Gasteiger partial charge in [-0.3, -0.25) is 4.90 Å². The van der Waals surface area contributed by atoms with Crippen molar-refractivity contribution < 1.29 is 14.6 Å². The van der Waals surface area contributed by atoms with Gasteiger partial charge in [-0.05, 0) is 32.9 Å². The SMILES string of the molecule is CN(C(=O)OC(C)(C)C)c1cccc(CO)n1. The third-order valence-electron chi connectivity index (χ3n) is 1.97. The molecule has 0 atom stereocenters. The number of nitrogens with zero attached hydrogens (tertiary/aromatic N) is 2. The van der Waals surface area contributed by atoms with Gasteiger partial charge < -0.3 is 9.84 Å². The second-order valence-electron chi connectivity index (χ2n) is 4.68. The summed E-state index contributed by atoms with van der Waals surface area (Å²) >= 11 is 0. The van der Waals surface area contributed by atoms with Gasteiger partial charge in [0.2, 0.25) is 0 Å². The van der Waals surface area contributed by atoms with E-state index in [9.17, 15) is 4.79 Å². The molecule has 5 heteroatoms. The molecule has 1 amide bonds. The number of amides is 1. The predicted octanol–water partition coefficient (Wildman–Crippen LogP) is 1.95. The molecule has 0 aromatic carbocycles. The third-order valence-corrected chi connectivity index (χ3v) is 1.97. The Kier molecular flexibility index (Phi) is 4.07. The predicted molar refractivity (Wildman–Crippen MR) is 64.8 cm³/mol. The van der Waals surface area contributed by atoms with E-state index in [1.54, 1.807) is 46.0 Å². The number of ether oxygens (including phenoxy) is 1. The molecular formula is C12H18N2O3. The van der Waals surface area contributed by atoms with Gasteiger partial charge in [0.05, 0.1) is 12.3 Å². The Morgan fingerprint density at radius 2 is 2.12 bits per heavy atom. The molecule has 0 spiro atoms. The Labute approximate surface area is 101 Å².